The van der Waals surface area contributed by atoms with Gasteiger partial charge in [-0.3, -0.25) is 14.4 Å². The molecular formula is C23H22ClFN6O4. The number of fused-ring (bicyclic) bond motifs is 2. The molecule has 2 aromatic heterocycles. The maximum atomic E-state index is 14.4. The van der Waals surface area contributed by atoms with Gasteiger partial charge in [-0.05, 0) is 31.7 Å². The molecule has 3 amide bonds. The van der Waals surface area contributed by atoms with Crippen molar-refractivity contribution in [2.45, 2.75) is 44.4 Å². The summed E-state index contributed by atoms with van der Waals surface area (Å²) in [5.74, 6) is -1.94. The zero-order chi connectivity index (χ0) is 25.0. The fraction of sp³-hybridized carbons (Fsp3) is 0.348. The lowest BCUT2D eigenvalue weighted by molar-refractivity contribution is -0.604. The van der Waals surface area contributed by atoms with Crippen molar-refractivity contribution < 1.29 is 23.5 Å². The summed E-state index contributed by atoms with van der Waals surface area (Å²) in [5, 5.41) is 19.1. The number of piperidine rings is 1. The minimum atomic E-state index is -0.784. The highest BCUT2D eigenvalue weighted by atomic mass is 35.5. The molecule has 1 aromatic carbocycles. The zero-order valence-electron chi connectivity index (χ0n) is 18.6. The van der Waals surface area contributed by atoms with Crippen molar-refractivity contribution in [2.75, 3.05) is 0 Å². The number of aromatic nitrogens is 3. The first-order valence-electron chi connectivity index (χ1n) is 11.1. The SMILES string of the molecule is C[C@@H](NC(=O)[C@@H]1C[C@H]2C[C@H]2N1C(=O)Cn1nc(C(N)=O)c2cc[n+]([O-])cc21)c1cccc(Cl)c1F. The van der Waals surface area contributed by atoms with Gasteiger partial charge in [0.25, 0.3) is 5.91 Å². The summed E-state index contributed by atoms with van der Waals surface area (Å²) in [7, 11) is 0. The third-order valence-electron chi connectivity index (χ3n) is 6.69. The smallest absolute Gasteiger partial charge is 0.269 e. The van der Waals surface area contributed by atoms with Crippen LogP contribution in [0.1, 0.15) is 41.9 Å². The van der Waals surface area contributed by atoms with E-state index in [9.17, 15) is 24.0 Å². The van der Waals surface area contributed by atoms with Gasteiger partial charge in [0.2, 0.25) is 18.0 Å². The number of benzene rings is 1. The summed E-state index contributed by atoms with van der Waals surface area (Å²) in [6.45, 7) is 1.37. The van der Waals surface area contributed by atoms with E-state index in [4.69, 9.17) is 17.3 Å². The van der Waals surface area contributed by atoms with Crippen molar-refractivity contribution in [1.82, 2.24) is 20.0 Å². The Bertz CT molecular complexity index is 1380. The van der Waals surface area contributed by atoms with E-state index in [1.165, 1.54) is 34.1 Å². The number of carbonyl (C=O) groups excluding carboxylic acids is 3. The molecule has 3 N–H and O–H groups in total. The van der Waals surface area contributed by atoms with E-state index in [0.717, 1.165) is 6.42 Å². The number of hydrogen-bond donors (Lipinski definition) is 2. The summed E-state index contributed by atoms with van der Waals surface area (Å²) < 4.78 is 16.2. The Morgan fingerprint density at radius 2 is 2.11 bits per heavy atom. The molecular weight excluding hydrogens is 479 g/mol. The molecule has 1 aliphatic carbocycles. The Morgan fingerprint density at radius 3 is 2.86 bits per heavy atom. The number of carbonyl (C=O) groups is 3. The minimum absolute atomic E-state index is 0.0382. The molecule has 2 fully saturated rings. The topological polar surface area (TPSA) is 137 Å². The Morgan fingerprint density at radius 1 is 1.34 bits per heavy atom. The van der Waals surface area contributed by atoms with Gasteiger partial charge >= 0.3 is 0 Å². The molecule has 2 aliphatic rings. The molecule has 4 atom stereocenters. The molecule has 12 heteroatoms. The molecule has 1 saturated heterocycles. The van der Waals surface area contributed by atoms with Crippen LogP contribution in [-0.4, -0.2) is 44.5 Å². The molecule has 1 aliphatic heterocycles. The Balaban J connectivity index is 1.36. The Hall–Kier alpha value is -3.73. The van der Waals surface area contributed by atoms with Gasteiger partial charge in [-0.1, -0.05) is 23.7 Å². The van der Waals surface area contributed by atoms with E-state index in [0.29, 0.717) is 16.5 Å². The van der Waals surface area contributed by atoms with Gasteiger partial charge in [-0.2, -0.15) is 9.83 Å². The summed E-state index contributed by atoms with van der Waals surface area (Å²) in [5.41, 5.74) is 5.89. The summed E-state index contributed by atoms with van der Waals surface area (Å²) in [6.07, 6.45) is 3.71. The zero-order valence-corrected chi connectivity index (χ0v) is 19.4. The van der Waals surface area contributed by atoms with E-state index in [-0.39, 0.29) is 46.2 Å². The third kappa shape index (κ3) is 4.05. The average Bonchev–Trinajstić information content (AvgIpc) is 3.32. The van der Waals surface area contributed by atoms with E-state index in [2.05, 4.69) is 10.4 Å². The number of nitrogens with two attached hydrogens (primary N) is 1. The second kappa shape index (κ2) is 8.49. The van der Waals surface area contributed by atoms with Crippen molar-refractivity contribution in [3.05, 3.63) is 64.0 Å². The highest BCUT2D eigenvalue weighted by Gasteiger charge is 2.56. The van der Waals surface area contributed by atoms with Crippen LogP contribution in [0.2, 0.25) is 5.02 Å². The number of nitrogens with zero attached hydrogens (tertiary/aromatic N) is 4. The van der Waals surface area contributed by atoms with E-state index in [1.807, 2.05) is 0 Å². The van der Waals surface area contributed by atoms with E-state index in [1.54, 1.807) is 19.1 Å². The second-order valence-corrected chi connectivity index (χ2v) is 9.37. The van der Waals surface area contributed by atoms with Crippen LogP contribution in [0, 0.1) is 16.9 Å². The number of rotatable bonds is 6. The second-order valence-electron chi connectivity index (χ2n) is 8.96. The molecule has 0 radical (unpaired) electrons. The lowest BCUT2D eigenvalue weighted by Crippen LogP contribution is -2.49. The van der Waals surface area contributed by atoms with Crippen molar-refractivity contribution in [3.63, 3.8) is 0 Å². The van der Waals surface area contributed by atoms with Crippen molar-refractivity contribution in [1.29, 1.82) is 0 Å². The molecule has 10 nitrogen and oxygen atoms in total. The minimum Gasteiger partial charge on any atom is -0.619 e. The highest BCUT2D eigenvalue weighted by molar-refractivity contribution is 6.30. The molecule has 1 saturated carbocycles. The van der Waals surface area contributed by atoms with Crippen LogP contribution in [0.25, 0.3) is 10.9 Å². The number of hydrogen-bond acceptors (Lipinski definition) is 5. The number of amides is 3. The van der Waals surface area contributed by atoms with Gasteiger partial charge in [0.05, 0.1) is 11.1 Å². The van der Waals surface area contributed by atoms with Crippen molar-refractivity contribution in [3.8, 4) is 0 Å². The Kier molecular flexibility index (Phi) is 5.59. The van der Waals surface area contributed by atoms with Gasteiger partial charge in [-0.25, -0.2) is 9.07 Å². The molecule has 3 aromatic rings. The van der Waals surface area contributed by atoms with Crippen LogP contribution in [0.15, 0.2) is 36.7 Å². The normalized spacial score (nSPS) is 21.6. The number of likely N-dealkylation sites (tertiary alicyclic amines) is 1. The summed E-state index contributed by atoms with van der Waals surface area (Å²) >= 11 is 5.86. The molecule has 182 valence electrons. The van der Waals surface area contributed by atoms with Crippen LogP contribution in [0.4, 0.5) is 4.39 Å². The van der Waals surface area contributed by atoms with Crippen LogP contribution < -0.4 is 15.8 Å². The van der Waals surface area contributed by atoms with Crippen LogP contribution in [0.5, 0.6) is 0 Å². The standard InChI is InChI=1S/C23H22ClFN6O4/c1-11(13-3-2-4-15(24)20(13)25)27-23(34)17-8-12-7-16(12)31(17)19(32)10-30-18-9-29(35)6-5-14(18)21(28-30)22(26)33/h2-6,9,11-12,16-17H,7-8,10H2,1H3,(H2,26,33)(H,27,34)/t11-,12-,16-,17+/m1/s1. The quantitative estimate of drug-likeness (QED) is 0.389. The molecule has 3 heterocycles. The van der Waals surface area contributed by atoms with Crippen LogP contribution in [0.3, 0.4) is 0 Å². The molecule has 0 bridgehead atoms. The highest BCUT2D eigenvalue weighted by Crippen LogP contribution is 2.48. The monoisotopic (exact) mass is 500 g/mol. The van der Waals surface area contributed by atoms with Crippen molar-refractivity contribution in [2.24, 2.45) is 11.7 Å². The summed E-state index contributed by atoms with van der Waals surface area (Å²) in [4.78, 5) is 39.8. The van der Waals surface area contributed by atoms with E-state index >= 15 is 0 Å². The predicted molar refractivity (Wildman–Crippen MR) is 122 cm³/mol. The fourth-order valence-corrected chi connectivity index (χ4v) is 5.09. The number of pyridine rings is 1. The summed E-state index contributed by atoms with van der Waals surface area (Å²) in [6, 6.07) is 4.53. The maximum absolute atomic E-state index is 14.4. The van der Waals surface area contributed by atoms with Crippen LogP contribution >= 0.6 is 11.6 Å². The fourth-order valence-electron chi connectivity index (χ4n) is 4.90. The largest absolute Gasteiger partial charge is 0.619 e. The van der Waals surface area contributed by atoms with Gasteiger partial charge in [0, 0.05) is 23.1 Å². The van der Waals surface area contributed by atoms with Gasteiger partial charge < -0.3 is 21.2 Å². The van der Waals surface area contributed by atoms with Crippen LogP contribution in [-0.2, 0) is 16.1 Å². The molecule has 0 unspecified atom stereocenters. The first kappa shape index (κ1) is 23.0. The Labute approximate surface area is 204 Å². The van der Waals surface area contributed by atoms with Crippen molar-refractivity contribution >= 4 is 40.2 Å². The number of halogens is 2. The number of primary amides is 1. The lowest BCUT2D eigenvalue weighted by Gasteiger charge is -2.28. The molecule has 0 spiro atoms. The molecule has 5 rings (SSSR count). The van der Waals surface area contributed by atoms with Gasteiger partial charge in [0.15, 0.2) is 11.9 Å². The first-order chi connectivity index (χ1) is 16.7. The third-order valence-corrected chi connectivity index (χ3v) is 6.98. The lowest BCUT2D eigenvalue weighted by atomic mass is 10.1. The molecule has 35 heavy (non-hydrogen) atoms. The van der Waals surface area contributed by atoms with Gasteiger partial charge in [0.1, 0.15) is 23.9 Å². The first-order valence-corrected chi connectivity index (χ1v) is 11.5. The van der Waals surface area contributed by atoms with Gasteiger partial charge in [-0.15, -0.1) is 0 Å². The average molecular weight is 501 g/mol. The maximum Gasteiger partial charge on any atom is 0.269 e. The predicted octanol–water partition coefficient (Wildman–Crippen LogP) is 1.43. The van der Waals surface area contributed by atoms with E-state index < -0.39 is 29.7 Å². The number of nitrogens with one attached hydrogen (secondary N) is 1.